The molecule has 0 aromatic carbocycles. The van der Waals surface area contributed by atoms with Gasteiger partial charge in [0.05, 0.1) is 6.04 Å². The van der Waals surface area contributed by atoms with Crippen molar-refractivity contribution in [3.05, 3.63) is 42.2 Å². The number of aryl methyl sites for hydroxylation is 2. The third-order valence-electron chi connectivity index (χ3n) is 2.41. The molecule has 80 valence electrons. The van der Waals surface area contributed by atoms with Gasteiger partial charge < -0.3 is 5.73 Å². The zero-order chi connectivity index (χ0) is 11.0. The summed E-state index contributed by atoms with van der Waals surface area (Å²) in [6, 6.07) is 2.15. The van der Waals surface area contributed by atoms with Gasteiger partial charge in [0, 0.05) is 14.2 Å². The molecule has 15 heavy (non-hydrogen) atoms. The number of nitrogens with two attached hydrogens (primary N) is 1. The Labute approximate surface area is 106 Å². The summed E-state index contributed by atoms with van der Waals surface area (Å²) < 4.78 is 1.16. The molecule has 0 spiro atoms. The average molecular weight is 302 g/mol. The van der Waals surface area contributed by atoms with E-state index < -0.39 is 0 Å². The van der Waals surface area contributed by atoms with E-state index in [0.29, 0.717) is 0 Å². The molecule has 2 aromatic heterocycles. The van der Waals surface area contributed by atoms with Crippen molar-refractivity contribution in [1.29, 1.82) is 0 Å². The number of rotatable bonds is 2. The monoisotopic (exact) mass is 301 g/mol. The molecule has 0 saturated heterocycles. The van der Waals surface area contributed by atoms with Crippen molar-refractivity contribution < 1.29 is 0 Å². The predicted molar refractivity (Wildman–Crippen MR) is 71.8 cm³/mol. The summed E-state index contributed by atoms with van der Waals surface area (Å²) in [5, 5.41) is 4.29. The largest absolute Gasteiger partial charge is 0.320 e. The summed E-state index contributed by atoms with van der Waals surface area (Å²) in [7, 11) is 0. The third-order valence-corrected chi connectivity index (χ3v) is 5.51. The molecule has 2 aromatic rings. The van der Waals surface area contributed by atoms with Gasteiger partial charge in [-0.15, -0.1) is 11.3 Å². The van der Waals surface area contributed by atoms with E-state index in [1.807, 2.05) is 0 Å². The van der Waals surface area contributed by atoms with Gasteiger partial charge in [-0.3, -0.25) is 0 Å². The molecular formula is C11H12BrNS2. The first-order chi connectivity index (χ1) is 7.09. The fraction of sp³-hybridized carbons (Fsp3) is 0.273. The molecule has 2 heterocycles. The van der Waals surface area contributed by atoms with Gasteiger partial charge in [-0.2, -0.15) is 11.3 Å². The normalized spacial score (nSPS) is 13.1. The van der Waals surface area contributed by atoms with Crippen LogP contribution in [0.3, 0.4) is 0 Å². The summed E-state index contributed by atoms with van der Waals surface area (Å²) in [5.74, 6) is 0. The first-order valence-corrected chi connectivity index (χ1v) is 7.19. The number of halogens is 1. The number of hydrogen-bond acceptors (Lipinski definition) is 3. The van der Waals surface area contributed by atoms with Gasteiger partial charge in [-0.05, 0) is 57.7 Å². The van der Waals surface area contributed by atoms with Crippen molar-refractivity contribution >= 4 is 38.6 Å². The van der Waals surface area contributed by atoms with Crippen LogP contribution in [0.4, 0.5) is 0 Å². The summed E-state index contributed by atoms with van der Waals surface area (Å²) >= 11 is 7.00. The molecule has 0 aliphatic rings. The van der Waals surface area contributed by atoms with Crippen LogP contribution in [0.2, 0.25) is 0 Å². The Hall–Kier alpha value is -0.160. The van der Waals surface area contributed by atoms with Gasteiger partial charge in [0.15, 0.2) is 0 Å². The second-order valence-electron chi connectivity index (χ2n) is 3.54. The van der Waals surface area contributed by atoms with Gasteiger partial charge >= 0.3 is 0 Å². The number of thiophene rings is 2. The smallest absolute Gasteiger partial charge is 0.0657 e. The second-order valence-corrected chi connectivity index (χ2v) is 6.43. The van der Waals surface area contributed by atoms with Crippen LogP contribution in [0.25, 0.3) is 0 Å². The Morgan fingerprint density at radius 2 is 2.07 bits per heavy atom. The fourth-order valence-electron chi connectivity index (χ4n) is 1.48. The molecule has 1 nitrogen and oxygen atoms in total. The van der Waals surface area contributed by atoms with Crippen LogP contribution in [0, 0.1) is 13.8 Å². The lowest BCUT2D eigenvalue weighted by atomic mass is 10.1. The molecule has 4 heteroatoms. The zero-order valence-corrected chi connectivity index (χ0v) is 11.8. The molecule has 0 amide bonds. The van der Waals surface area contributed by atoms with Gasteiger partial charge in [0.2, 0.25) is 0 Å². The van der Waals surface area contributed by atoms with E-state index in [1.54, 1.807) is 22.7 Å². The van der Waals surface area contributed by atoms with Crippen LogP contribution in [-0.2, 0) is 0 Å². The van der Waals surface area contributed by atoms with E-state index >= 15 is 0 Å². The molecule has 0 radical (unpaired) electrons. The van der Waals surface area contributed by atoms with E-state index in [-0.39, 0.29) is 6.04 Å². The topological polar surface area (TPSA) is 26.0 Å². The summed E-state index contributed by atoms with van der Waals surface area (Å²) in [4.78, 5) is 2.51. The highest BCUT2D eigenvalue weighted by molar-refractivity contribution is 9.10. The molecule has 0 aliphatic carbocycles. The molecule has 0 aliphatic heterocycles. The van der Waals surface area contributed by atoms with E-state index in [2.05, 4.69) is 46.6 Å². The molecule has 1 atom stereocenters. The molecular weight excluding hydrogens is 290 g/mol. The average Bonchev–Trinajstić information content (AvgIpc) is 2.74. The third kappa shape index (κ3) is 2.18. The van der Waals surface area contributed by atoms with Crippen LogP contribution in [0.15, 0.2) is 21.3 Å². The van der Waals surface area contributed by atoms with Crippen LogP contribution >= 0.6 is 38.6 Å². The van der Waals surface area contributed by atoms with Crippen LogP contribution in [0.1, 0.15) is 26.9 Å². The lowest BCUT2D eigenvalue weighted by molar-refractivity contribution is 0.889. The van der Waals surface area contributed by atoms with Gasteiger partial charge in [-0.25, -0.2) is 0 Å². The summed E-state index contributed by atoms with van der Waals surface area (Å²) in [6.45, 7) is 4.21. The maximum Gasteiger partial charge on any atom is 0.0657 e. The Bertz CT molecular complexity index is 453. The lowest BCUT2D eigenvalue weighted by Gasteiger charge is -2.08. The van der Waals surface area contributed by atoms with Crippen molar-refractivity contribution in [2.24, 2.45) is 5.73 Å². The SMILES string of the molecule is Cc1cscc1C(N)c1cc(Br)c(C)s1. The van der Waals surface area contributed by atoms with Crippen molar-refractivity contribution in [2.75, 3.05) is 0 Å². The highest BCUT2D eigenvalue weighted by atomic mass is 79.9. The van der Waals surface area contributed by atoms with Gasteiger partial charge in [0.1, 0.15) is 0 Å². The lowest BCUT2D eigenvalue weighted by Crippen LogP contribution is -2.10. The molecule has 0 saturated carbocycles. The van der Waals surface area contributed by atoms with Crippen LogP contribution < -0.4 is 5.73 Å². The van der Waals surface area contributed by atoms with E-state index in [0.717, 1.165) is 4.47 Å². The molecule has 2 rings (SSSR count). The van der Waals surface area contributed by atoms with E-state index in [1.165, 1.54) is 20.9 Å². The van der Waals surface area contributed by atoms with E-state index in [9.17, 15) is 0 Å². The Morgan fingerprint density at radius 1 is 1.33 bits per heavy atom. The maximum atomic E-state index is 6.24. The quantitative estimate of drug-likeness (QED) is 0.882. The maximum absolute atomic E-state index is 6.24. The molecule has 2 N–H and O–H groups in total. The first-order valence-electron chi connectivity index (χ1n) is 4.63. The molecule has 0 fully saturated rings. The zero-order valence-electron chi connectivity index (χ0n) is 8.58. The van der Waals surface area contributed by atoms with Gasteiger partial charge in [0.25, 0.3) is 0 Å². The molecule has 1 unspecified atom stereocenters. The van der Waals surface area contributed by atoms with Crippen molar-refractivity contribution in [3.8, 4) is 0 Å². The minimum absolute atomic E-state index is 0.0197. The minimum atomic E-state index is 0.0197. The highest BCUT2D eigenvalue weighted by Crippen LogP contribution is 2.34. The van der Waals surface area contributed by atoms with E-state index in [4.69, 9.17) is 5.73 Å². The highest BCUT2D eigenvalue weighted by Gasteiger charge is 2.15. The predicted octanol–water partition coefficient (Wildman–Crippen LogP) is 4.24. The Kier molecular flexibility index (Phi) is 3.30. The standard InChI is InChI=1S/C11H12BrNS2/c1-6-4-14-5-8(6)11(13)10-3-9(12)7(2)15-10/h3-5,11H,13H2,1-2H3. The summed E-state index contributed by atoms with van der Waals surface area (Å²) in [5.41, 5.74) is 8.77. The van der Waals surface area contributed by atoms with Crippen LogP contribution in [0.5, 0.6) is 0 Å². The van der Waals surface area contributed by atoms with Crippen molar-refractivity contribution in [2.45, 2.75) is 19.9 Å². The Morgan fingerprint density at radius 3 is 2.53 bits per heavy atom. The van der Waals surface area contributed by atoms with Crippen molar-refractivity contribution in [1.82, 2.24) is 0 Å². The minimum Gasteiger partial charge on any atom is -0.320 e. The second kappa shape index (κ2) is 4.37. The number of hydrogen-bond donors (Lipinski definition) is 1. The van der Waals surface area contributed by atoms with Crippen LogP contribution in [-0.4, -0.2) is 0 Å². The molecule has 0 bridgehead atoms. The Balaban J connectivity index is 2.36. The van der Waals surface area contributed by atoms with Crippen molar-refractivity contribution in [3.63, 3.8) is 0 Å². The van der Waals surface area contributed by atoms with Gasteiger partial charge in [-0.1, -0.05) is 0 Å². The summed E-state index contributed by atoms with van der Waals surface area (Å²) in [6.07, 6.45) is 0. The fourth-order valence-corrected chi connectivity index (χ4v) is 3.95. The first kappa shape index (κ1) is 11.3.